The number of amides is 1. The molecule has 0 fully saturated rings. The summed E-state index contributed by atoms with van der Waals surface area (Å²) in [6.07, 6.45) is 1.58. The lowest BCUT2D eigenvalue weighted by Crippen LogP contribution is -2.15. The minimum absolute atomic E-state index is 0.259. The number of hydrogen-bond acceptors (Lipinski definition) is 4. The van der Waals surface area contributed by atoms with Crippen molar-refractivity contribution < 1.29 is 4.79 Å². The maximum absolute atomic E-state index is 12.4. The molecule has 5 heteroatoms. The number of aryl methyl sites for hydroxylation is 2. The molecule has 0 unspecified atom stereocenters. The van der Waals surface area contributed by atoms with Gasteiger partial charge in [0.15, 0.2) is 0 Å². The van der Waals surface area contributed by atoms with Gasteiger partial charge in [-0.05, 0) is 43.2 Å². The number of anilines is 2. The largest absolute Gasteiger partial charge is 0.350 e. The average molecular weight is 332 g/mol. The van der Waals surface area contributed by atoms with Crippen LogP contribution in [-0.2, 0) is 6.54 Å². The van der Waals surface area contributed by atoms with E-state index in [-0.39, 0.29) is 5.91 Å². The molecule has 0 bridgehead atoms. The highest BCUT2D eigenvalue weighted by Crippen LogP contribution is 2.12. The third-order valence-corrected chi connectivity index (χ3v) is 3.90. The topological polar surface area (TPSA) is 66.9 Å². The zero-order chi connectivity index (χ0) is 17.6. The Kier molecular flexibility index (Phi) is 5.04. The fourth-order valence-electron chi connectivity index (χ4n) is 2.39. The quantitative estimate of drug-likeness (QED) is 0.742. The summed E-state index contributed by atoms with van der Waals surface area (Å²) in [5.41, 5.74) is 4.57. The van der Waals surface area contributed by atoms with E-state index in [4.69, 9.17) is 0 Å². The van der Waals surface area contributed by atoms with Gasteiger partial charge in [0.25, 0.3) is 5.91 Å². The summed E-state index contributed by atoms with van der Waals surface area (Å²) in [6.45, 7) is 4.67. The number of nitrogens with zero attached hydrogens (tertiary/aromatic N) is 2. The molecule has 0 spiro atoms. The van der Waals surface area contributed by atoms with Crippen LogP contribution in [0.5, 0.6) is 0 Å². The van der Waals surface area contributed by atoms with Gasteiger partial charge in [0.05, 0.1) is 0 Å². The van der Waals surface area contributed by atoms with Gasteiger partial charge in [-0.3, -0.25) is 4.79 Å². The predicted octanol–water partition coefficient (Wildman–Crippen LogP) is 3.96. The average Bonchev–Trinajstić information content (AvgIpc) is 2.63. The van der Waals surface area contributed by atoms with Crippen LogP contribution in [-0.4, -0.2) is 15.9 Å². The summed E-state index contributed by atoms with van der Waals surface area (Å²) in [5, 5.41) is 6.00. The van der Waals surface area contributed by atoms with Crippen molar-refractivity contribution in [3.63, 3.8) is 0 Å². The Balaban J connectivity index is 1.67. The predicted molar refractivity (Wildman–Crippen MR) is 99.7 cm³/mol. The highest BCUT2D eigenvalue weighted by molar-refractivity contribution is 6.02. The van der Waals surface area contributed by atoms with Crippen LogP contribution in [0.3, 0.4) is 0 Å². The van der Waals surface area contributed by atoms with Gasteiger partial charge in [0.1, 0.15) is 5.69 Å². The molecule has 0 saturated carbocycles. The van der Waals surface area contributed by atoms with Crippen molar-refractivity contribution >= 4 is 17.5 Å². The molecular formula is C20H20N4O. The third-order valence-electron chi connectivity index (χ3n) is 3.90. The van der Waals surface area contributed by atoms with Crippen molar-refractivity contribution in [2.24, 2.45) is 0 Å². The highest BCUT2D eigenvalue weighted by atomic mass is 16.1. The maximum atomic E-state index is 12.4. The zero-order valence-electron chi connectivity index (χ0n) is 14.3. The normalized spacial score (nSPS) is 10.3. The first-order chi connectivity index (χ1) is 12.1. The van der Waals surface area contributed by atoms with Gasteiger partial charge in [-0.1, -0.05) is 42.0 Å². The van der Waals surface area contributed by atoms with E-state index in [0.717, 1.165) is 11.3 Å². The number of aromatic nitrogens is 2. The van der Waals surface area contributed by atoms with E-state index in [1.807, 2.05) is 43.3 Å². The fourth-order valence-corrected chi connectivity index (χ4v) is 2.39. The molecule has 25 heavy (non-hydrogen) atoms. The molecule has 0 saturated heterocycles. The van der Waals surface area contributed by atoms with Gasteiger partial charge in [0, 0.05) is 18.4 Å². The Labute approximate surface area is 147 Å². The fraction of sp³-hybridized carbons (Fsp3) is 0.150. The molecule has 5 nitrogen and oxygen atoms in total. The van der Waals surface area contributed by atoms with Gasteiger partial charge < -0.3 is 10.6 Å². The molecule has 0 aliphatic carbocycles. The Morgan fingerprint density at radius 3 is 2.52 bits per heavy atom. The molecule has 126 valence electrons. The van der Waals surface area contributed by atoms with Crippen molar-refractivity contribution in [2.45, 2.75) is 20.4 Å². The summed E-state index contributed by atoms with van der Waals surface area (Å²) in [6, 6.07) is 17.3. The lowest BCUT2D eigenvalue weighted by molar-refractivity contribution is 0.102. The summed E-state index contributed by atoms with van der Waals surface area (Å²) < 4.78 is 0. The van der Waals surface area contributed by atoms with Gasteiger partial charge in [-0.25, -0.2) is 9.97 Å². The van der Waals surface area contributed by atoms with Gasteiger partial charge in [-0.15, -0.1) is 0 Å². The third kappa shape index (κ3) is 4.41. The Morgan fingerprint density at radius 2 is 1.76 bits per heavy atom. The van der Waals surface area contributed by atoms with E-state index in [2.05, 4.69) is 39.7 Å². The molecule has 1 amide bonds. The number of carbonyl (C=O) groups is 1. The van der Waals surface area contributed by atoms with Crippen LogP contribution in [0.2, 0.25) is 0 Å². The molecule has 1 aromatic heterocycles. The Hall–Kier alpha value is -3.21. The SMILES string of the molecule is Cc1ccc(NC(=O)c2ccnc(NCc3ccccc3C)n2)cc1. The Bertz CT molecular complexity index is 875. The molecular weight excluding hydrogens is 312 g/mol. The monoisotopic (exact) mass is 332 g/mol. The van der Waals surface area contributed by atoms with Crippen LogP contribution in [0.25, 0.3) is 0 Å². The van der Waals surface area contributed by atoms with Crippen molar-refractivity contribution in [1.29, 1.82) is 0 Å². The number of benzene rings is 2. The van der Waals surface area contributed by atoms with Crippen molar-refractivity contribution in [2.75, 3.05) is 10.6 Å². The molecule has 0 atom stereocenters. The van der Waals surface area contributed by atoms with Crippen LogP contribution in [0, 0.1) is 13.8 Å². The molecule has 0 aliphatic rings. The second kappa shape index (κ2) is 7.57. The number of carbonyl (C=O) groups excluding carboxylic acids is 1. The van der Waals surface area contributed by atoms with E-state index in [0.29, 0.717) is 18.2 Å². The van der Waals surface area contributed by atoms with Gasteiger partial charge >= 0.3 is 0 Å². The van der Waals surface area contributed by atoms with Crippen LogP contribution in [0.1, 0.15) is 27.2 Å². The number of rotatable bonds is 5. The summed E-state index contributed by atoms with van der Waals surface area (Å²) >= 11 is 0. The summed E-state index contributed by atoms with van der Waals surface area (Å²) in [5.74, 6) is 0.171. The summed E-state index contributed by atoms with van der Waals surface area (Å²) in [4.78, 5) is 20.8. The van der Waals surface area contributed by atoms with Crippen molar-refractivity contribution in [3.05, 3.63) is 83.2 Å². The minimum Gasteiger partial charge on any atom is -0.350 e. The Morgan fingerprint density at radius 1 is 1.00 bits per heavy atom. The van der Waals surface area contributed by atoms with Gasteiger partial charge in [0.2, 0.25) is 5.95 Å². The highest BCUT2D eigenvalue weighted by Gasteiger charge is 2.09. The van der Waals surface area contributed by atoms with Crippen LogP contribution >= 0.6 is 0 Å². The minimum atomic E-state index is -0.259. The van der Waals surface area contributed by atoms with Crippen LogP contribution in [0.15, 0.2) is 60.8 Å². The second-order valence-electron chi connectivity index (χ2n) is 5.87. The smallest absolute Gasteiger partial charge is 0.274 e. The molecule has 3 rings (SSSR count). The first-order valence-corrected chi connectivity index (χ1v) is 8.11. The van der Waals surface area contributed by atoms with Gasteiger partial charge in [-0.2, -0.15) is 0 Å². The van der Waals surface area contributed by atoms with Crippen LogP contribution < -0.4 is 10.6 Å². The van der Waals surface area contributed by atoms with E-state index >= 15 is 0 Å². The van der Waals surface area contributed by atoms with Crippen molar-refractivity contribution in [1.82, 2.24) is 9.97 Å². The standard InChI is InChI=1S/C20H20N4O/c1-14-7-9-17(10-8-14)23-19(25)18-11-12-21-20(24-18)22-13-16-6-4-3-5-15(16)2/h3-12H,13H2,1-2H3,(H,23,25)(H,21,22,24). The first-order valence-electron chi connectivity index (χ1n) is 8.11. The summed E-state index contributed by atoms with van der Waals surface area (Å²) in [7, 11) is 0. The van der Waals surface area contributed by atoms with E-state index in [9.17, 15) is 4.79 Å². The zero-order valence-corrected chi connectivity index (χ0v) is 14.3. The lowest BCUT2D eigenvalue weighted by Gasteiger charge is -2.09. The molecule has 0 radical (unpaired) electrons. The number of nitrogens with one attached hydrogen (secondary N) is 2. The molecule has 1 heterocycles. The van der Waals surface area contributed by atoms with Crippen LogP contribution in [0.4, 0.5) is 11.6 Å². The second-order valence-corrected chi connectivity index (χ2v) is 5.87. The number of hydrogen-bond donors (Lipinski definition) is 2. The first kappa shape index (κ1) is 16.6. The van der Waals surface area contributed by atoms with E-state index in [1.54, 1.807) is 12.3 Å². The van der Waals surface area contributed by atoms with Crippen molar-refractivity contribution in [3.8, 4) is 0 Å². The molecule has 2 N–H and O–H groups in total. The maximum Gasteiger partial charge on any atom is 0.274 e. The molecule has 3 aromatic rings. The molecule has 2 aromatic carbocycles. The molecule has 0 aliphatic heterocycles. The van der Waals surface area contributed by atoms with E-state index in [1.165, 1.54) is 11.1 Å². The van der Waals surface area contributed by atoms with E-state index < -0.39 is 0 Å². The lowest BCUT2D eigenvalue weighted by atomic mass is 10.1.